The van der Waals surface area contributed by atoms with E-state index in [9.17, 15) is 17.6 Å². The van der Waals surface area contributed by atoms with Gasteiger partial charge < -0.3 is 10.6 Å². The van der Waals surface area contributed by atoms with E-state index >= 15 is 0 Å². The summed E-state index contributed by atoms with van der Waals surface area (Å²) < 4.78 is 42.3. The van der Waals surface area contributed by atoms with Crippen molar-refractivity contribution in [2.24, 2.45) is 5.73 Å². The minimum absolute atomic E-state index is 0.0199. The molecule has 0 saturated carbocycles. The van der Waals surface area contributed by atoms with Gasteiger partial charge in [0.1, 0.15) is 5.82 Å². The average Bonchev–Trinajstić information content (AvgIpc) is 2.68. The van der Waals surface area contributed by atoms with Crippen molar-refractivity contribution in [3.63, 3.8) is 0 Å². The lowest BCUT2D eigenvalue weighted by Crippen LogP contribution is -2.36. The summed E-state index contributed by atoms with van der Waals surface area (Å²) in [6, 6.07) is 8.39. The van der Waals surface area contributed by atoms with Crippen LogP contribution in [-0.4, -0.2) is 32.1 Å². The molecule has 0 atom stereocenters. The zero-order valence-corrected chi connectivity index (χ0v) is 19.2. The number of sulfonamides is 1. The molecule has 2 aromatic carbocycles. The van der Waals surface area contributed by atoms with Crippen molar-refractivity contribution < 1.29 is 17.6 Å². The van der Waals surface area contributed by atoms with Gasteiger partial charge in [-0.3, -0.25) is 14.9 Å². The molecule has 0 unspecified atom stereocenters. The van der Waals surface area contributed by atoms with Gasteiger partial charge in [0.15, 0.2) is 5.84 Å². The van der Waals surface area contributed by atoms with Crippen molar-refractivity contribution >= 4 is 44.8 Å². The number of nitrogens with two attached hydrogens (primary N) is 1. The number of hydrogen-bond donors (Lipinski definition) is 3. The third-order valence-electron chi connectivity index (χ3n) is 4.62. The normalized spacial score (nSPS) is 11.7. The minimum Gasteiger partial charge on any atom is -0.363 e. The molecule has 166 valence electrons. The molecule has 0 bridgehead atoms. The van der Waals surface area contributed by atoms with E-state index in [2.05, 4.69) is 11.3 Å². The Morgan fingerprint density at radius 1 is 1.23 bits per heavy atom. The number of carbonyl (C=O) groups is 1. The second-order valence-electron chi connectivity index (χ2n) is 7.91. The maximum atomic E-state index is 14.1. The molecule has 31 heavy (non-hydrogen) atoms. The first kappa shape index (κ1) is 24.4. The number of amides is 1. The molecule has 7 nitrogen and oxygen atoms in total. The Hall–Kier alpha value is -2.91. The first-order valence-electron chi connectivity index (χ1n) is 9.09. The number of rotatable bonds is 5. The molecule has 0 radical (unpaired) electrons. The molecule has 0 aliphatic heterocycles. The summed E-state index contributed by atoms with van der Waals surface area (Å²) in [5.74, 6) is -2.46. The molecule has 0 heterocycles. The highest BCUT2D eigenvalue weighted by Crippen LogP contribution is 2.32. The van der Waals surface area contributed by atoms with Crippen LogP contribution in [0.25, 0.3) is 5.70 Å². The van der Waals surface area contributed by atoms with Gasteiger partial charge in [0, 0.05) is 24.4 Å². The molecule has 0 aromatic heterocycles. The Kier molecular flexibility index (Phi) is 6.82. The number of primary amides is 1. The highest BCUT2D eigenvalue weighted by molar-refractivity contribution is 7.92. The van der Waals surface area contributed by atoms with Crippen molar-refractivity contribution in [3.8, 4) is 0 Å². The summed E-state index contributed by atoms with van der Waals surface area (Å²) in [6.07, 6.45) is 0. The molecule has 0 fully saturated rings. The van der Waals surface area contributed by atoms with Crippen molar-refractivity contribution in [3.05, 3.63) is 64.9 Å². The minimum atomic E-state index is -4.09. The largest absolute Gasteiger partial charge is 0.363 e. The third kappa shape index (κ3) is 5.42. The molecule has 2 aromatic rings. The number of nitrogens with zero attached hydrogens (tertiary/aromatic N) is 1. The van der Waals surface area contributed by atoms with Gasteiger partial charge in [0.25, 0.3) is 15.9 Å². The maximum Gasteiger partial charge on any atom is 0.284 e. The summed E-state index contributed by atoms with van der Waals surface area (Å²) in [5.41, 5.74) is 5.85. The zero-order chi connectivity index (χ0) is 23.7. The number of amidine groups is 1. The molecule has 1 amide bonds. The van der Waals surface area contributed by atoms with Gasteiger partial charge in [-0.2, -0.15) is 0 Å². The zero-order valence-electron chi connectivity index (χ0n) is 17.6. The lowest BCUT2D eigenvalue weighted by molar-refractivity contribution is -0.112. The molecule has 4 N–H and O–H groups in total. The Balaban J connectivity index is 2.48. The Morgan fingerprint density at radius 3 is 2.26 bits per heavy atom. The number of likely N-dealkylation sites (N-methyl/N-ethyl adjacent to an activating group) is 1. The summed E-state index contributed by atoms with van der Waals surface area (Å²) in [5, 5.41) is 7.44. The van der Waals surface area contributed by atoms with E-state index in [1.165, 1.54) is 19.2 Å². The molecular formula is C21H24ClFN4O3S. The lowest BCUT2D eigenvalue weighted by atomic mass is 9.87. The summed E-state index contributed by atoms with van der Waals surface area (Å²) in [4.78, 5) is 12.3. The van der Waals surface area contributed by atoms with Crippen LogP contribution in [0.1, 0.15) is 31.9 Å². The molecular weight excluding hydrogens is 443 g/mol. The predicted octanol–water partition coefficient (Wildman–Crippen LogP) is 3.94. The smallest absolute Gasteiger partial charge is 0.284 e. The number of anilines is 1. The second-order valence-corrected chi connectivity index (χ2v) is 10.00. The van der Waals surface area contributed by atoms with Crippen LogP contribution < -0.4 is 10.5 Å². The van der Waals surface area contributed by atoms with E-state index in [-0.39, 0.29) is 32.3 Å². The average molecular weight is 467 g/mol. The van der Waals surface area contributed by atoms with Gasteiger partial charge in [0.2, 0.25) is 0 Å². The monoisotopic (exact) mass is 466 g/mol. The van der Waals surface area contributed by atoms with E-state index in [1.54, 1.807) is 12.1 Å². The first-order valence-corrected chi connectivity index (χ1v) is 10.9. The van der Waals surface area contributed by atoms with Gasteiger partial charge in [-0.05, 0) is 29.2 Å². The van der Waals surface area contributed by atoms with Crippen LogP contribution in [-0.2, 0) is 20.2 Å². The van der Waals surface area contributed by atoms with Crippen LogP contribution >= 0.6 is 11.6 Å². The van der Waals surface area contributed by atoms with E-state index < -0.39 is 27.6 Å². The van der Waals surface area contributed by atoms with Crippen LogP contribution in [0.2, 0.25) is 5.02 Å². The van der Waals surface area contributed by atoms with Crippen LogP contribution in [0.4, 0.5) is 10.1 Å². The van der Waals surface area contributed by atoms with Gasteiger partial charge in [-0.1, -0.05) is 51.1 Å². The van der Waals surface area contributed by atoms with E-state index in [4.69, 9.17) is 22.7 Å². The number of benzene rings is 2. The fraction of sp³-hybridized carbons (Fsp3) is 0.238. The number of hydrogen-bond acceptors (Lipinski definition) is 4. The molecule has 0 saturated heterocycles. The highest BCUT2D eigenvalue weighted by Gasteiger charge is 2.23. The number of halogens is 2. The Bertz CT molecular complexity index is 1160. The summed E-state index contributed by atoms with van der Waals surface area (Å²) >= 11 is 5.87. The van der Waals surface area contributed by atoms with Crippen molar-refractivity contribution in [2.45, 2.75) is 31.1 Å². The van der Waals surface area contributed by atoms with Crippen molar-refractivity contribution in [1.29, 1.82) is 5.41 Å². The number of nitrogens with one attached hydrogen (secondary N) is 2. The Morgan fingerprint density at radius 2 is 1.77 bits per heavy atom. The van der Waals surface area contributed by atoms with Gasteiger partial charge in [-0.25, -0.2) is 12.8 Å². The van der Waals surface area contributed by atoms with E-state index in [0.717, 1.165) is 22.6 Å². The topological polar surface area (TPSA) is 116 Å². The molecule has 2 rings (SSSR count). The SMILES string of the molecule is C=C(c1cc(Cl)c(F)cc1NS(=O)(=O)c1ccc(C(C)(C)C)cc1)N(C)C(=N)C(N)=O. The van der Waals surface area contributed by atoms with Crippen LogP contribution in [0, 0.1) is 11.2 Å². The van der Waals surface area contributed by atoms with Crippen molar-refractivity contribution in [2.75, 3.05) is 11.8 Å². The molecule has 0 aliphatic carbocycles. The number of carbonyl (C=O) groups excluding carboxylic acids is 1. The standard InChI is InChI=1S/C21H24ClFN4O3S/c1-12(27(5)19(24)20(25)28)15-10-16(22)17(23)11-18(15)26-31(29,30)14-8-6-13(7-9-14)21(2,3)4/h6-11,24,26H,1H2,2-5H3,(H2,25,28). The van der Waals surface area contributed by atoms with Crippen LogP contribution in [0.5, 0.6) is 0 Å². The predicted molar refractivity (Wildman–Crippen MR) is 121 cm³/mol. The van der Waals surface area contributed by atoms with Gasteiger partial charge in [0.05, 0.1) is 15.6 Å². The van der Waals surface area contributed by atoms with E-state index in [1.807, 2.05) is 20.8 Å². The van der Waals surface area contributed by atoms with Crippen molar-refractivity contribution in [1.82, 2.24) is 4.90 Å². The third-order valence-corrected chi connectivity index (χ3v) is 6.29. The fourth-order valence-electron chi connectivity index (χ4n) is 2.69. The molecule has 0 spiro atoms. The molecule has 0 aliphatic rings. The first-order chi connectivity index (χ1) is 14.1. The summed E-state index contributed by atoms with van der Waals surface area (Å²) in [7, 11) is -2.74. The summed E-state index contributed by atoms with van der Waals surface area (Å²) in [6.45, 7) is 9.77. The molecule has 10 heteroatoms. The highest BCUT2D eigenvalue weighted by atomic mass is 35.5. The second kappa shape index (κ2) is 8.68. The van der Waals surface area contributed by atoms with Crippen LogP contribution in [0.15, 0.2) is 47.9 Å². The van der Waals surface area contributed by atoms with Crippen LogP contribution in [0.3, 0.4) is 0 Å². The van der Waals surface area contributed by atoms with E-state index in [0.29, 0.717) is 0 Å². The fourth-order valence-corrected chi connectivity index (χ4v) is 3.92. The quantitative estimate of drug-likeness (QED) is 0.457. The Labute approximate surface area is 186 Å². The van der Waals surface area contributed by atoms with Gasteiger partial charge in [-0.15, -0.1) is 0 Å². The lowest BCUT2D eigenvalue weighted by Gasteiger charge is -2.23. The van der Waals surface area contributed by atoms with Gasteiger partial charge >= 0.3 is 0 Å². The maximum absolute atomic E-state index is 14.1.